The molecule has 162 valence electrons. The van der Waals surface area contributed by atoms with E-state index in [2.05, 4.69) is 10.3 Å². The van der Waals surface area contributed by atoms with E-state index in [1.807, 2.05) is 4.90 Å². The van der Waals surface area contributed by atoms with Gasteiger partial charge in [0.15, 0.2) is 9.84 Å². The van der Waals surface area contributed by atoms with Crippen molar-refractivity contribution in [3.63, 3.8) is 0 Å². The maximum atomic E-state index is 13.3. The number of alkyl halides is 3. The second-order valence-corrected chi connectivity index (χ2v) is 9.75. The van der Waals surface area contributed by atoms with Gasteiger partial charge in [0.2, 0.25) is 5.91 Å². The average molecular weight is 434 g/mol. The predicted octanol–water partition coefficient (Wildman–Crippen LogP) is 1.16. The first-order valence-corrected chi connectivity index (χ1v) is 11.5. The summed E-state index contributed by atoms with van der Waals surface area (Å²) in [7, 11) is -2.94. The Morgan fingerprint density at radius 2 is 1.97 bits per heavy atom. The molecule has 2 aliphatic rings. The van der Waals surface area contributed by atoms with Crippen molar-refractivity contribution in [2.45, 2.75) is 19.0 Å². The fourth-order valence-electron chi connectivity index (χ4n) is 3.71. The summed E-state index contributed by atoms with van der Waals surface area (Å²) in [6, 6.07) is 2.26. The molecule has 2 fully saturated rings. The third kappa shape index (κ3) is 5.81. The Hall–Kier alpha value is -1.88. The topological polar surface area (TPSA) is 82.6 Å². The number of aromatic nitrogens is 1. The SMILES string of the molecule is O=C(NCCN1CCS(=O)(=O)CC1)C1CCCN(c2ncccc2C(F)(F)F)C1. The number of sulfone groups is 1. The largest absolute Gasteiger partial charge is 0.419 e. The number of pyridine rings is 1. The average Bonchev–Trinajstić information content (AvgIpc) is 2.68. The van der Waals surface area contributed by atoms with Crippen molar-refractivity contribution in [1.29, 1.82) is 0 Å². The molecule has 3 heterocycles. The van der Waals surface area contributed by atoms with Gasteiger partial charge >= 0.3 is 6.18 Å². The molecule has 0 bridgehead atoms. The summed E-state index contributed by atoms with van der Waals surface area (Å²) < 4.78 is 62.7. The van der Waals surface area contributed by atoms with Crippen LogP contribution in [0.15, 0.2) is 18.3 Å². The monoisotopic (exact) mass is 434 g/mol. The first-order valence-electron chi connectivity index (χ1n) is 9.63. The van der Waals surface area contributed by atoms with Gasteiger partial charge in [-0.25, -0.2) is 13.4 Å². The number of carbonyl (C=O) groups is 1. The zero-order chi connectivity index (χ0) is 21.1. The molecule has 3 rings (SSSR count). The van der Waals surface area contributed by atoms with E-state index in [-0.39, 0.29) is 29.8 Å². The minimum atomic E-state index is -4.50. The van der Waals surface area contributed by atoms with Gasteiger partial charge in [0.1, 0.15) is 5.82 Å². The molecule has 1 atom stereocenters. The number of nitrogens with zero attached hydrogens (tertiary/aromatic N) is 3. The molecule has 1 aromatic rings. The lowest BCUT2D eigenvalue weighted by Crippen LogP contribution is -2.47. The lowest BCUT2D eigenvalue weighted by atomic mass is 9.96. The van der Waals surface area contributed by atoms with Crippen LogP contribution in [0.4, 0.5) is 19.0 Å². The zero-order valence-electron chi connectivity index (χ0n) is 16.0. The second kappa shape index (κ2) is 8.86. The number of hydrogen-bond acceptors (Lipinski definition) is 6. The number of piperidine rings is 1. The van der Waals surface area contributed by atoms with Crippen molar-refractivity contribution in [1.82, 2.24) is 15.2 Å². The van der Waals surface area contributed by atoms with Crippen LogP contribution in [0.5, 0.6) is 0 Å². The van der Waals surface area contributed by atoms with E-state index in [0.29, 0.717) is 45.6 Å². The number of halogens is 3. The van der Waals surface area contributed by atoms with Gasteiger partial charge in [0.25, 0.3) is 0 Å². The van der Waals surface area contributed by atoms with Crippen molar-refractivity contribution >= 4 is 21.6 Å². The third-order valence-corrected chi connectivity index (χ3v) is 6.96. The Kier molecular flexibility index (Phi) is 6.67. The lowest BCUT2D eigenvalue weighted by molar-refractivity contribution is -0.137. The minimum Gasteiger partial charge on any atom is -0.355 e. The molecule has 1 unspecified atom stereocenters. The molecule has 0 radical (unpaired) electrons. The highest BCUT2D eigenvalue weighted by Crippen LogP contribution is 2.36. The maximum absolute atomic E-state index is 13.3. The first-order chi connectivity index (χ1) is 13.7. The summed E-state index contributed by atoms with van der Waals surface area (Å²) >= 11 is 0. The van der Waals surface area contributed by atoms with Crippen LogP contribution in [-0.2, 0) is 20.8 Å². The van der Waals surface area contributed by atoms with E-state index in [0.717, 1.165) is 6.07 Å². The molecule has 0 aliphatic carbocycles. The van der Waals surface area contributed by atoms with E-state index >= 15 is 0 Å². The summed E-state index contributed by atoms with van der Waals surface area (Å²) in [6.45, 7) is 2.45. The van der Waals surface area contributed by atoms with Crippen molar-refractivity contribution in [2.24, 2.45) is 5.92 Å². The summed E-state index contributed by atoms with van der Waals surface area (Å²) in [4.78, 5) is 19.9. The number of anilines is 1. The summed E-state index contributed by atoms with van der Waals surface area (Å²) in [6.07, 6.45) is -1.96. The Morgan fingerprint density at radius 3 is 2.66 bits per heavy atom. The number of nitrogens with one attached hydrogen (secondary N) is 1. The minimum absolute atomic E-state index is 0.129. The fourth-order valence-corrected chi connectivity index (χ4v) is 4.99. The normalized spacial score (nSPS) is 23.0. The molecule has 2 aliphatic heterocycles. The fraction of sp³-hybridized carbons (Fsp3) is 0.667. The molecular formula is C18H25F3N4O3S. The molecule has 0 saturated carbocycles. The van der Waals surface area contributed by atoms with E-state index in [4.69, 9.17) is 0 Å². The second-order valence-electron chi connectivity index (χ2n) is 7.44. The van der Waals surface area contributed by atoms with E-state index < -0.39 is 27.5 Å². The van der Waals surface area contributed by atoms with Crippen molar-refractivity contribution in [3.05, 3.63) is 23.9 Å². The summed E-state index contributed by atoms with van der Waals surface area (Å²) in [5.74, 6) is -0.474. The maximum Gasteiger partial charge on any atom is 0.419 e. The highest BCUT2D eigenvalue weighted by atomic mass is 32.2. The smallest absolute Gasteiger partial charge is 0.355 e. The molecule has 29 heavy (non-hydrogen) atoms. The lowest BCUT2D eigenvalue weighted by Gasteiger charge is -2.34. The van der Waals surface area contributed by atoms with Crippen LogP contribution >= 0.6 is 0 Å². The number of rotatable bonds is 5. The van der Waals surface area contributed by atoms with Gasteiger partial charge in [-0.15, -0.1) is 0 Å². The Bertz CT molecular complexity index is 818. The molecular weight excluding hydrogens is 409 g/mol. The molecule has 2 saturated heterocycles. The molecule has 0 spiro atoms. The van der Waals surface area contributed by atoms with Gasteiger partial charge in [-0.3, -0.25) is 9.69 Å². The van der Waals surface area contributed by atoms with Crippen LogP contribution < -0.4 is 10.2 Å². The van der Waals surface area contributed by atoms with Crippen LogP contribution in [0.2, 0.25) is 0 Å². The predicted molar refractivity (Wildman–Crippen MR) is 102 cm³/mol. The van der Waals surface area contributed by atoms with Crippen molar-refractivity contribution in [3.8, 4) is 0 Å². The molecule has 1 N–H and O–H groups in total. The standard InChI is InChI=1S/C18H25F3N4O3S/c19-18(20,21)15-4-1-5-22-16(15)25-7-2-3-14(13-25)17(26)23-6-8-24-9-11-29(27,28)12-10-24/h1,4-5,14H,2-3,6-13H2,(H,23,26). The Morgan fingerprint density at radius 1 is 1.24 bits per heavy atom. The molecule has 1 amide bonds. The van der Waals surface area contributed by atoms with Crippen molar-refractivity contribution in [2.75, 3.05) is 55.7 Å². The Balaban J connectivity index is 1.53. The Labute approximate surface area is 168 Å². The van der Waals surface area contributed by atoms with Gasteiger partial charge in [-0.2, -0.15) is 13.2 Å². The van der Waals surface area contributed by atoms with Gasteiger partial charge < -0.3 is 10.2 Å². The summed E-state index contributed by atoms with van der Waals surface area (Å²) in [5, 5.41) is 2.84. The van der Waals surface area contributed by atoms with E-state index in [1.165, 1.54) is 17.2 Å². The molecule has 0 aromatic carbocycles. The number of hydrogen-bond donors (Lipinski definition) is 1. The number of amides is 1. The van der Waals surface area contributed by atoms with Gasteiger partial charge in [-0.1, -0.05) is 0 Å². The van der Waals surface area contributed by atoms with E-state index in [1.54, 1.807) is 0 Å². The number of carbonyl (C=O) groups excluding carboxylic acids is 1. The quantitative estimate of drug-likeness (QED) is 0.749. The van der Waals surface area contributed by atoms with Gasteiger partial charge in [0, 0.05) is 45.5 Å². The highest BCUT2D eigenvalue weighted by molar-refractivity contribution is 7.91. The van der Waals surface area contributed by atoms with Crippen LogP contribution in [0.1, 0.15) is 18.4 Å². The van der Waals surface area contributed by atoms with Crippen LogP contribution in [0.3, 0.4) is 0 Å². The van der Waals surface area contributed by atoms with Crippen LogP contribution in [0.25, 0.3) is 0 Å². The molecule has 7 nitrogen and oxygen atoms in total. The van der Waals surface area contributed by atoms with Gasteiger partial charge in [-0.05, 0) is 25.0 Å². The third-order valence-electron chi connectivity index (χ3n) is 5.35. The molecule has 1 aromatic heterocycles. The van der Waals surface area contributed by atoms with E-state index in [9.17, 15) is 26.4 Å². The zero-order valence-corrected chi connectivity index (χ0v) is 16.8. The van der Waals surface area contributed by atoms with Crippen molar-refractivity contribution < 1.29 is 26.4 Å². The first kappa shape index (κ1) is 21.8. The van der Waals surface area contributed by atoms with Crippen LogP contribution in [-0.4, -0.2) is 75.0 Å². The molecule has 11 heteroatoms. The van der Waals surface area contributed by atoms with Gasteiger partial charge in [0.05, 0.1) is 23.0 Å². The summed E-state index contributed by atoms with van der Waals surface area (Å²) in [5.41, 5.74) is -0.791. The van der Waals surface area contributed by atoms with Crippen LogP contribution in [0, 0.1) is 5.92 Å². The highest BCUT2D eigenvalue weighted by Gasteiger charge is 2.37.